The van der Waals surface area contributed by atoms with Crippen molar-refractivity contribution in [1.82, 2.24) is 0 Å². The van der Waals surface area contributed by atoms with E-state index in [1.54, 1.807) is 19.2 Å². The van der Waals surface area contributed by atoms with Crippen molar-refractivity contribution in [2.75, 3.05) is 26.1 Å². The second kappa shape index (κ2) is 9.14. The molecule has 1 aromatic carbocycles. The summed E-state index contributed by atoms with van der Waals surface area (Å²) in [5, 5.41) is 2.78. The van der Waals surface area contributed by atoms with Gasteiger partial charge in [0.15, 0.2) is 0 Å². The van der Waals surface area contributed by atoms with E-state index in [1.807, 2.05) is 6.07 Å². The molecule has 0 spiro atoms. The molecule has 3 N–H and O–H groups in total. The molecule has 1 amide bonds. The van der Waals surface area contributed by atoms with E-state index >= 15 is 0 Å². The standard InChI is InChI=1S/C12H17BrN2O3.ClH/c1-17-8-3-4-10(13)11(5-8)15-12(16)6-9(7-14)18-2;/h3-5,9H,6-7,14H2,1-2H3,(H,15,16);1H. The molecule has 0 aliphatic rings. The highest BCUT2D eigenvalue weighted by Gasteiger charge is 2.13. The molecular formula is C12H18BrClN2O3. The van der Waals surface area contributed by atoms with Crippen LogP contribution in [0.15, 0.2) is 22.7 Å². The van der Waals surface area contributed by atoms with E-state index in [0.29, 0.717) is 18.0 Å². The fraction of sp³-hybridized carbons (Fsp3) is 0.417. The Morgan fingerprint density at radius 3 is 2.68 bits per heavy atom. The molecule has 0 saturated heterocycles. The van der Waals surface area contributed by atoms with Crippen molar-refractivity contribution in [3.05, 3.63) is 22.7 Å². The number of benzene rings is 1. The molecule has 1 unspecified atom stereocenters. The van der Waals surface area contributed by atoms with Gasteiger partial charge in [0.05, 0.1) is 25.3 Å². The summed E-state index contributed by atoms with van der Waals surface area (Å²) < 4.78 is 10.9. The van der Waals surface area contributed by atoms with Gasteiger partial charge in [-0.05, 0) is 28.1 Å². The minimum absolute atomic E-state index is 0. The quantitative estimate of drug-likeness (QED) is 0.822. The Morgan fingerprint density at radius 1 is 1.47 bits per heavy atom. The van der Waals surface area contributed by atoms with Crippen LogP contribution in [0.5, 0.6) is 5.75 Å². The molecule has 0 bridgehead atoms. The second-order valence-electron chi connectivity index (χ2n) is 3.69. The van der Waals surface area contributed by atoms with Gasteiger partial charge in [-0.2, -0.15) is 0 Å². The van der Waals surface area contributed by atoms with Crippen LogP contribution in [0.3, 0.4) is 0 Å². The maximum atomic E-state index is 11.8. The van der Waals surface area contributed by atoms with Crippen LogP contribution in [-0.2, 0) is 9.53 Å². The number of hydrogen-bond donors (Lipinski definition) is 2. The largest absolute Gasteiger partial charge is 0.497 e. The number of anilines is 1. The van der Waals surface area contributed by atoms with Crippen molar-refractivity contribution in [3.63, 3.8) is 0 Å². The van der Waals surface area contributed by atoms with E-state index in [4.69, 9.17) is 15.2 Å². The first-order valence-corrected chi connectivity index (χ1v) is 6.26. The van der Waals surface area contributed by atoms with Gasteiger partial charge in [-0.1, -0.05) is 0 Å². The molecular weight excluding hydrogens is 336 g/mol. The lowest BCUT2D eigenvalue weighted by Crippen LogP contribution is -2.28. The Kier molecular flexibility index (Phi) is 8.75. The van der Waals surface area contributed by atoms with Gasteiger partial charge < -0.3 is 20.5 Å². The molecule has 0 saturated carbocycles. The van der Waals surface area contributed by atoms with E-state index in [9.17, 15) is 4.79 Å². The lowest BCUT2D eigenvalue weighted by Gasteiger charge is -2.13. The minimum atomic E-state index is -0.269. The van der Waals surface area contributed by atoms with Crippen molar-refractivity contribution in [2.24, 2.45) is 5.73 Å². The number of halogens is 2. The van der Waals surface area contributed by atoms with Crippen LogP contribution in [0, 0.1) is 0 Å². The van der Waals surface area contributed by atoms with Gasteiger partial charge in [0.25, 0.3) is 0 Å². The Labute approximate surface area is 127 Å². The Bertz CT molecular complexity index is 414. The first-order chi connectivity index (χ1) is 8.60. The molecule has 1 rings (SSSR count). The predicted octanol–water partition coefficient (Wildman–Crippen LogP) is 2.18. The lowest BCUT2D eigenvalue weighted by molar-refractivity contribution is -0.118. The van der Waals surface area contributed by atoms with Gasteiger partial charge in [0.2, 0.25) is 5.91 Å². The van der Waals surface area contributed by atoms with Crippen LogP contribution < -0.4 is 15.8 Å². The van der Waals surface area contributed by atoms with Crippen LogP contribution in [0.4, 0.5) is 5.69 Å². The summed E-state index contributed by atoms with van der Waals surface area (Å²) in [7, 11) is 3.11. The highest BCUT2D eigenvalue weighted by Crippen LogP contribution is 2.27. The average Bonchev–Trinajstić information content (AvgIpc) is 2.38. The molecule has 1 atom stereocenters. The smallest absolute Gasteiger partial charge is 0.227 e. The number of carbonyl (C=O) groups excluding carboxylic acids is 1. The fourth-order valence-corrected chi connectivity index (χ4v) is 1.74. The van der Waals surface area contributed by atoms with Crippen molar-refractivity contribution < 1.29 is 14.3 Å². The first kappa shape index (κ1) is 18.2. The van der Waals surface area contributed by atoms with E-state index < -0.39 is 0 Å². The molecule has 5 nitrogen and oxygen atoms in total. The van der Waals surface area contributed by atoms with E-state index in [1.165, 1.54) is 7.11 Å². The van der Waals surface area contributed by atoms with Crippen LogP contribution in [0.1, 0.15) is 6.42 Å². The average molecular weight is 354 g/mol. The van der Waals surface area contributed by atoms with Crippen molar-refractivity contribution in [3.8, 4) is 5.75 Å². The van der Waals surface area contributed by atoms with Crippen molar-refractivity contribution in [1.29, 1.82) is 0 Å². The third kappa shape index (κ3) is 5.78. The van der Waals surface area contributed by atoms with Gasteiger partial charge in [-0.3, -0.25) is 4.79 Å². The third-order valence-electron chi connectivity index (χ3n) is 2.46. The van der Waals surface area contributed by atoms with Gasteiger partial charge in [-0.25, -0.2) is 0 Å². The zero-order valence-electron chi connectivity index (χ0n) is 10.8. The molecule has 0 radical (unpaired) electrons. The number of nitrogens with one attached hydrogen (secondary N) is 1. The number of carbonyl (C=O) groups is 1. The topological polar surface area (TPSA) is 73.6 Å². The second-order valence-corrected chi connectivity index (χ2v) is 4.55. The molecule has 7 heteroatoms. The maximum Gasteiger partial charge on any atom is 0.227 e. The fourth-order valence-electron chi connectivity index (χ4n) is 1.40. The van der Waals surface area contributed by atoms with Gasteiger partial charge in [0, 0.05) is 24.2 Å². The van der Waals surface area contributed by atoms with Crippen LogP contribution in [-0.4, -0.2) is 32.8 Å². The van der Waals surface area contributed by atoms with Crippen LogP contribution in [0.25, 0.3) is 0 Å². The molecule has 19 heavy (non-hydrogen) atoms. The Morgan fingerprint density at radius 2 is 2.16 bits per heavy atom. The summed E-state index contributed by atoms with van der Waals surface area (Å²) in [5.41, 5.74) is 6.12. The van der Waals surface area contributed by atoms with Gasteiger partial charge >= 0.3 is 0 Å². The zero-order valence-corrected chi connectivity index (χ0v) is 13.2. The summed E-state index contributed by atoms with van der Waals surface area (Å²) in [6, 6.07) is 5.36. The lowest BCUT2D eigenvalue weighted by atomic mass is 10.2. The molecule has 108 valence electrons. The number of hydrogen-bond acceptors (Lipinski definition) is 4. The first-order valence-electron chi connectivity index (χ1n) is 5.47. The Hall–Kier alpha value is -0.820. The van der Waals surface area contributed by atoms with Crippen LogP contribution >= 0.6 is 28.3 Å². The predicted molar refractivity (Wildman–Crippen MR) is 81.0 cm³/mol. The van der Waals surface area contributed by atoms with E-state index in [0.717, 1.165) is 4.47 Å². The Balaban J connectivity index is 0.00000324. The normalized spacial score (nSPS) is 11.4. The molecule has 0 fully saturated rings. The van der Waals surface area contributed by atoms with Crippen molar-refractivity contribution in [2.45, 2.75) is 12.5 Å². The molecule has 0 heterocycles. The monoisotopic (exact) mass is 352 g/mol. The number of methoxy groups -OCH3 is 2. The van der Waals surface area contributed by atoms with Crippen LogP contribution in [0.2, 0.25) is 0 Å². The van der Waals surface area contributed by atoms with Crippen molar-refractivity contribution >= 4 is 39.9 Å². The van der Waals surface area contributed by atoms with Gasteiger partial charge in [-0.15, -0.1) is 12.4 Å². The molecule has 0 aromatic heterocycles. The summed E-state index contributed by atoms with van der Waals surface area (Å²) in [4.78, 5) is 11.8. The molecule has 0 aliphatic heterocycles. The summed E-state index contributed by atoms with van der Waals surface area (Å²) >= 11 is 3.36. The number of rotatable bonds is 6. The summed E-state index contributed by atoms with van der Waals surface area (Å²) in [6.07, 6.45) is -0.0502. The molecule has 0 aliphatic carbocycles. The number of ether oxygens (including phenoxy) is 2. The summed E-state index contributed by atoms with van der Waals surface area (Å²) in [5.74, 6) is 0.525. The highest BCUT2D eigenvalue weighted by atomic mass is 79.9. The SMILES string of the molecule is COc1ccc(Br)c(NC(=O)CC(CN)OC)c1.Cl. The van der Waals surface area contributed by atoms with Gasteiger partial charge in [0.1, 0.15) is 5.75 Å². The minimum Gasteiger partial charge on any atom is -0.497 e. The maximum absolute atomic E-state index is 11.8. The highest BCUT2D eigenvalue weighted by molar-refractivity contribution is 9.10. The molecule has 1 aromatic rings. The third-order valence-corrected chi connectivity index (χ3v) is 3.15. The summed E-state index contributed by atoms with van der Waals surface area (Å²) in [6.45, 7) is 0.309. The number of nitrogens with two attached hydrogens (primary N) is 1. The zero-order chi connectivity index (χ0) is 13.5. The number of amides is 1. The van der Waals surface area contributed by atoms with E-state index in [-0.39, 0.29) is 30.8 Å². The van der Waals surface area contributed by atoms with E-state index in [2.05, 4.69) is 21.2 Å².